The minimum absolute atomic E-state index is 0.0417. The van der Waals surface area contributed by atoms with Gasteiger partial charge in [0.15, 0.2) is 5.79 Å². The van der Waals surface area contributed by atoms with Crippen molar-refractivity contribution in [1.29, 1.82) is 0 Å². The molecule has 1 atom stereocenters. The van der Waals surface area contributed by atoms with Crippen LogP contribution in [-0.2, 0) is 19.0 Å². The van der Waals surface area contributed by atoms with Crippen molar-refractivity contribution in [2.24, 2.45) is 0 Å². The molecule has 4 heteroatoms. The fourth-order valence-corrected chi connectivity index (χ4v) is 1.09. The summed E-state index contributed by atoms with van der Waals surface area (Å²) in [5.41, 5.74) is 0. The van der Waals surface area contributed by atoms with Gasteiger partial charge in [0.05, 0.1) is 13.2 Å². The topological polar surface area (TPSA) is 44.8 Å². The molecular formula is C8H14O4. The zero-order valence-corrected chi connectivity index (χ0v) is 7.41. The summed E-state index contributed by atoms with van der Waals surface area (Å²) in [6.07, 6.45) is 0.681. The third-order valence-corrected chi connectivity index (χ3v) is 1.56. The molecule has 1 heterocycles. The molecule has 0 aromatic heterocycles. The maximum atomic E-state index is 9.91. The summed E-state index contributed by atoms with van der Waals surface area (Å²) in [4.78, 5) is 9.91. The van der Waals surface area contributed by atoms with Gasteiger partial charge in [0.2, 0.25) is 0 Å². The molecule has 12 heavy (non-hydrogen) atoms. The Morgan fingerprint density at radius 1 is 1.67 bits per heavy atom. The smallest absolute Gasteiger partial charge is 0.163 e. The highest BCUT2D eigenvalue weighted by atomic mass is 16.7. The predicted octanol–water partition coefficient (Wildman–Crippen LogP) is 0.353. The Bertz CT molecular complexity index is 155. The van der Waals surface area contributed by atoms with Crippen LogP contribution in [0.1, 0.15) is 13.8 Å². The standard InChI is InChI=1S/C8H14O4/c1-8(2)11-6-7(12-8)5-10-4-3-9/h3,7H,4-6H2,1-2H3/t7-/m1/s1. The van der Waals surface area contributed by atoms with Crippen molar-refractivity contribution in [2.45, 2.75) is 25.7 Å². The number of hydrogen-bond donors (Lipinski definition) is 0. The van der Waals surface area contributed by atoms with E-state index < -0.39 is 5.79 Å². The quantitative estimate of drug-likeness (QED) is 0.456. The molecule has 4 nitrogen and oxygen atoms in total. The van der Waals surface area contributed by atoms with Gasteiger partial charge in [-0.2, -0.15) is 0 Å². The van der Waals surface area contributed by atoms with Crippen LogP contribution in [0.25, 0.3) is 0 Å². The molecule has 1 saturated heterocycles. The zero-order chi connectivity index (χ0) is 9.03. The van der Waals surface area contributed by atoms with Crippen LogP contribution >= 0.6 is 0 Å². The van der Waals surface area contributed by atoms with Gasteiger partial charge in [0.25, 0.3) is 0 Å². The Kier molecular flexibility index (Phi) is 3.20. The van der Waals surface area contributed by atoms with E-state index >= 15 is 0 Å². The van der Waals surface area contributed by atoms with Gasteiger partial charge in [-0.1, -0.05) is 0 Å². The second-order valence-corrected chi connectivity index (χ2v) is 3.15. The van der Waals surface area contributed by atoms with Gasteiger partial charge in [-0.05, 0) is 13.8 Å². The van der Waals surface area contributed by atoms with Crippen LogP contribution in [0.5, 0.6) is 0 Å². The van der Waals surface area contributed by atoms with Crippen LogP contribution in [-0.4, -0.2) is 38.0 Å². The monoisotopic (exact) mass is 174 g/mol. The van der Waals surface area contributed by atoms with Gasteiger partial charge in [-0.25, -0.2) is 0 Å². The number of hydrogen-bond acceptors (Lipinski definition) is 4. The number of carbonyl (C=O) groups is 1. The summed E-state index contributed by atoms with van der Waals surface area (Å²) in [6, 6.07) is 0. The summed E-state index contributed by atoms with van der Waals surface area (Å²) >= 11 is 0. The van der Waals surface area contributed by atoms with Crippen molar-refractivity contribution in [1.82, 2.24) is 0 Å². The van der Waals surface area contributed by atoms with E-state index in [1.807, 2.05) is 13.8 Å². The molecule has 0 aliphatic carbocycles. The average Bonchev–Trinajstić information content (AvgIpc) is 2.31. The van der Waals surface area contributed by atoms with Gasteiger partial charge in [-0.3, -0.25) is 0 Å². The number of carbonyl (C=O) groups excluding carboxylic acids is 1. The lowest BCUT2D eigenvalue weighted by Gasteiger charge is -2.16. The summed E-state index contributed by atoms with van der Waals surface area (Å²) in [5.74, 6) is -0.505. The third kappa shape index (κ3) is 2.89. The Hall–Kier alpha value is -0.450. The first-order valence-corrected chi connectivity index (χ1v) is 3.97. The lowest BCUT2D eigenvalue weighted by atomic mass is 10.4. The third-order valence-electron chi connectivity index (χ3n) is 1.56. The normalized spacial score (nSPS) is 27.3. The van der Waals surface area contributed by atoms with E-state index in [0.29, 0.717) is 13.2 Å². The van der Waals surface area contributed by atoms with Gasteiger partial charge in [-0.15, -0.1) is 0 Å². The van der Waals surface area contributed by atoms with Crippen molar-refractivity contribution >= 4 is 6.29 Å². The van der Waals surface area contributed by atoms with E-state index in [-0.39, 0.29) is 12.7 Å². The van der Waals surface area contributed by atoms with Crippen molar-refractivity contribution in [2.75, 3.05) is 19.8 Å². The lowest BCUT2D eigenvalue weighted by molar-refractivity contribution is -0.145. The second-order valence-electron chi connectivity index (χ2n) is 3.15. The van der Waals surface area contributed by atoms with Crippen molar-refractivity contribution in [3.05, 3.63) is 0 Å². The van der Waals surface area contributed by atoms with E-state index in [4.69, 9.17) is 14.2 Å². The van der Waals surface area contributed by atoms with Crippen LogP contribution < -0.4 is 0 Å². The molecule has 70 valence electrons. The SMILES string of the molecule is CC1(C)OC[C@@H](COCC=O)O1. The van der Waals surface area contributed by atoms with Crippen LogP contribution in [0, 0.1) is 0 Å². The second kappa shape index (κ2) is 3.98. The van der Waals surface area contributed by atoms with E-state index in [1.54, 1.807) is 0 Å². The van der Waals surface area contributed by atoms with Crippen LogP contribution in [0.2, 0.25) is 0 Å². The summed E-state index contributed by atoms with van der Waals surface area (Å²) < 4.78 is 15.7. The van der Waals surface area contributed by atoms with E-state index in [1.165, 1.54) is 0 Å². The summed E-state index contributed by atoms with van der Waals surface area (Å²) in [7, 11) is 0. The van der Waals surface area contributed by atoms with Gasteiger partial charge in [0, 0.05) is 0 Å². The molecule has 1 aliphatic heterocycles. The van der Waals surface area contributed by atoms with Crippen LogP contribution in [0.4, 0.5) is 0 Å². The molecule has 1 aliphatic rings. The maximum Gasteiger partial charge on any atom is 0.163 e. The lowest BCUT2D eigenvalue weighted by Crippen LogP contribution is -2.24. The number of rotatable bonds is 4. The van der Waals surface area contributed by atoms with Crippen molar-refractivity contribution in [3.8, 4) is 0 Å². The highest BCUT2D eigenvalue weighted by Gasteiger charge is 2.32. The molecule has 0 spiro atoms. The van der Waals surface area contributed by atoms with Crippen molar-refractivity contribution < 1.29 is 19.0 Å². The molecule has 0 amide bonds. The number of ether oxygens (including phenoxy) is 3. The molecule has 0 N–H and O–H groups in total. The molecule has 0 aromatic carbocycles. The Morgan fingerprint density at radius 3 is 2.92 bits per heavy atom. The summed E-state index contributed by atoms with van der Waals surface area (Å²) in [6.45, 7) is 4.79. The minimum atomic E-state index is -0.505. The average molecular weight is 174 g/mol. The Labute approximate surface area is 71.8 Å². The molecular weight excluding hydrogens is 160 g/mol. The molecule has 0 unspecified atom stereocenters. The van der Waals surface area contributed by atoms with Crippen LogP contribution in [0.15, 0.2) is 0 Å². The predicted molar refractivity (Wildman–Crippen MR) is 41.8 cm³/mol. The minimum Gasteiger partial charge on any atom is -0.371 e. The Balaban J connectivity index is 2.15. The molecule has 1 rings (SSSR count). The van der Waals surface area contributed by atoms with E-state index in [2.05, 4.69) is 0 Å². The fourth-order valence-electron chi connectivity index (χ4n) is 1.09. The largest absolute Gasteiger partial charge is 0.371 e. The maximum absolute atomic E-state index is 9.91. The van der Waals surface area contributed by atoms with Gasteiger partial charge in [0.1, 0.15) is 19.0 Å². The summed E-state index contributed by atoms with van der Waals surface area (Å²) in [5, 5.41) is 0. The fraction of sp³-hybridized carbons (Fsp3) is 0.875. The molecule has 0 radical (unpaired) electrons. The number of aldehydes is 1. The first-order valence-electron chi connectivity index (χ1n) is 3.97. The van der Waals surface area contributed by atoms with Gasteiger partial charge < -0.3 is 19.0 Å². The highest BCUT2D eigenvalue weighted by Crippen LogP contribution is 2.21. The van der Waals surface area contributed by atoms with Crippen molar-refractivity contribution in [3.63, 3.8) is 0 Å². The molecule has 0 bridgehead atoms. The zero-order valence-electron chi connectivity index (χ0n) is 7.41. The van der Waals surface area contributed by atoms with Crippen LogP contribution in [0.3, 0.4) is 0 Å². The Morgan fingerprint density at radius 2 is 2.42 bits per heavy atom. The molecule has 0 aromatic rings. The first-order chi connectivity index (χ1) is 5.64. The van der Waals surface area contributed by atoms with Gasteiger partial charge >= 0.3 is 0 Å². The first kappa shape index (κ1) is 9.64. The molecule has 0 saturated carbocycles. The highest BCUT2D eigenvalue weighted by molar-refractivity contribution is 5.50. The van der Waals surface area contributed by atoms with E-state index in [0.717, 1.165) is 6.29 Å². The molecule has 1 fully saturated rings. The van der Waals surface area contributed by atoms with E-state index in [9.17, 15) is 4.79 Å².